The summed E-state index contributed by atoms with van der Waals surface area (Å²) in [5, 5.41) is 12.0. The summed E-state index contributed by atoms with van der Waals surface area (Å²) in [6, 6.07) is 4.25. The molecule has 0 atom stereocenters. The van der Waals surface area contributed by atoms with Crippen LogP contribution in [0.2, 0.25) is 0 Å². The molecule has 0 amide bonds. The first kappa shape index (κ1) is 16.0. The molecule has 0 unspecified atom stereocenters. The minimum atomic E-state index is -4.07. The number of halogens is 2. The van der Waals surface area contributed by atoms with Gasteiger partial charge in [-0.2, -0.15) is 0 Å². The van der Waals surface area contributed by atoms with Crippen molar-refractivity contribution in [3.63, 3.8) is 0 Å². The second-order valence-corrected chi connectivity index (χ2v) is 6.49. The van der Waals surface area contributed by atoms with Crippen molar-refractivity contribution in [3.8, 4) is 11.4 Å². The Morgan fingerprint density at radius 1 is 1.43 bits per heavy atom. The highest BCUT2D eigenvalue weighted by Gasteiger charge is 2.23. The molecule has 1 aromatic carbocycles. The van der Waals surface area contributed by atoms with Crippen LogP contribution in [0.15, 0.2) is 27.8 Å². The molecule has 114 valence electrons. The minimum Gasteiger partial charge on any atom is -0.383 e. The number of ether oxygens (including phenoxy) is 1. The second-order valence-electron chi connectivity index (χ2n) is 4.12. The summed E-state index contributed by atoms with van der Waals surface area (Å²) in [7, 11) is -2.62. The highest BCUT2D eigenvalue weighted by atomic mass is 79.9. The van der Waals surface area contributed by atoms with Gasteiger partial charge in [-0.1, -0.05) is 15.9 Å². The highest BCUT2D eigenvalue weighted by Crippen LogP contribution is 2.26. The summed E-state index contributed by atoms with van der Waals surface area (Å²) in [6.07, 6.45) is 0. The lowest BCUT2D eigenvalue weighted by Crippen LogP contribution is -2.20. The molecule has 21 heavy (non-hydrogen) atoms. The summed E-state index contributed by atoms with van der Waals surface area (Å²) in [5.41, 5.74) is 0.114. The molecule has 0 saturated carbocycles. The van der Waals surface area contributed by atoms with E-state index in [2.05, 4.69) is 26.1 Å². The van der Waals surface area contributed by atoms with E-state index in [0.29, 0.717) is 4.47 Å². The van der Waals surface area contributed by atoms with Gasteiger partial charge in [0.05, 0.1) is 18.7 Å². The van der Waals surface area contributed by atoms with Gasteiger partial charge in [-0.15, -0.1) is 10.2 Å². The zero-order chi connectivity index (χ0) is 15.6. The molecule has 0 aliphatic heterocycles. The Balaban J connectivity index is 2.63. The molecule has 0 aliphatic carbocycles. The Hall–Kier alpha value is -1.36. The van der Waals surface area contributed by atoms with Gasteiger partial charge in [0.15, 0.2) is 5.82 Å². The molecule has 0 bridgehead atoms. The Bertz CT molecular complexity index is 763. The van der Waals surface area contributed by atoms with E-state index in [-0.39, 0.29) is 24.5 Å². The minimum absolute atomic E-state index is 0.0647. The van der Waals surface area contributed by atoms with Gasteiger partial charge in [0, 0.05) is 11.6 Å². The van der Waals surface area contributed by atoms with Gasteiger partial charge in [-0.25, -0.2) is 17.9 Å². The first-order chi connectivity index (χ1) is 9.84. The number of benzene rings is 1. The molecule has 0 radical (unpaired) electrons. The van der Waals surface area contributed by atoms with Gasteiger partial charge < -0.3 is 4.74 Å². The van der Waals surface area contributed by atoms with Crippen LogP contribution in [0, 0.1) is 5.82 Å². The average Bonchev–Trinajstić information content (AvgIpc) is 2.82. The lowest BCUT2D eigenvalue weighted by atomic mass is 10.2. The molecule has 1 heterocycles. The summed E-state index contributed by atoms with van der Waals surface area (Å²) in [4.78, 5) is 0. The van der Waals surface area contributed by atoms with Gasteiger partial charge >= 0.3 is 0 Å². The standard InChI is InChI=1S/C11H12BrFN4O3S/c1-20-5-4-17-10(15-16-11(17)21(14,18)19)8-6-7(12)2-3-9(8)13/h2-3,6H,4-5H2,1H3,(H2,14,18,19). The molecule has 10 heteroatoms. The molecule has 2 N–H and O–H groups in total. The summed E-state index contributed by atoms with van der Waals surface area (Å²) in [6.45, 7) is 0.319. The van der Waals surface area contributed by atoms with E-state index in [0.717, 1.165) is 0 Å². The predicted molar refractivity (Wildman–Crippen MR) is 76.4 cm³/mol. The summed E-state index contributed by atoms with van der Waals surface area (Å²) in [5.74, 6) is -0.486. The van der Waals surface area contributed by atoms with E-state index in [1.165, 1.54) is 29.9 Å². The van der Waals surface area contributed by atoms with Crippen molar-refractivity contribution in [1.29, 1.82) is 0 Å². The van der Waals surface area contributed by atoms with Crippen molar-refractivity contribution in [1.82, 2.24) is 14.8 Å². The first-order valence-corrected chi connectivity index (χ1v) is 8.09. The van der Waals surface area contributed by atoms with Gasteiger partial charge in [0.25, 0.3) is 15.2 Å². The Morgan fingerprint density at radius 3 is 2.76 bits per heavy atom. The molecule has 7 nitrogen and oxygen atoms in total. The normalized spacial score (nSPS) is 11.8. The number of aromatic nitrogens is 3. The third-order valence-electron chi connectivity index (χ3n) is 2.66. The Kier molecular flexibility index (Phi) is 4.71. The van der Waals surface area contributed by atoms with Crippen molar-refractivity contribution < 1.29 is 17.5 Å². The summed E-state index contributed by atoms with van der Waals surface area (Å²) < 4.78 is 43.7. The lowest BCUT2D eigenvalue weighted by molar-refractivity contribution is 0.185. The molecule has 1 aromatic heterocycles. The average molecular weight is 379 g/mol. The maximum absolute atomic E-state index is 13.9. The number of hydrogen-bond donors (Lipinski definition) is 1. The van der Waals surface area contributed by atoms with Crippen LogP contribution in [0.5, 0.6) is 0 Å². The first-order valence-electron chi connectivity index (χ1n) is 5.75. The third-order valence-corrected chi connectivity index (χ3v) is 3.96. The monoisotopic (exact) mass is 378 g/mol. The molecule has 0 spiro atoms. The SMILES string of the molecule is COCCn1c(-c2cc(Br)ccc2F)nnc1S(N)(=O)=O. The molecular formula is C11H12BrFN4O3S. The predicted octanol–water partition coefficient (Wildman–Crippen LogP) is 1.14. The van der Waals surface area contributed by atoms with Crippen LogP contribution in [0.25, 0.3) is 11.4 Å². The zero-order valence-corrected chi connectivity index (χ0v) is 13.4. The molecular weight excluding hydrogens is 367 g/mol. The van der Waals surface area contributed by atoms with E-state index in [1.807, 2.05) is 0 Å². The number of hydrogen-bond acceptors (Lipinski definition) is 5. The number of nitrogens with two attached hydrogens (primary N) is 1. The number of primary sulfonamides is 1. The Labute approximate surface area is 129 Å². The maximum atomic E-state index is 13.9. The number of rotatable bonds is 5. The van der Waals surface area contributed by atoms with Crippen LogP contribution in [-0.2, 0) is 21.3 Å². The number of methoxy groups -OCH3 is 1. The second kappa shape index (κ2) is 6.18. The van der Waals surface area contributed by atoms with Crippen LogP contribution < -0.4 is 5.14 Å². The van der Waals surface area contributed by atoms with E-state index >= 15 is 0 Å². The molecule has 0 fully saturated rings. The van der Waals surface area contributed by atoms with Crippen molar-refractivity contribution in [2.24, 2.45) is 5.14 Å². The van der Waals surface area contributed by atoms with E-state index < -0.39 is 21.0 Å². The van der Waals surface area contributed by atoms with Crippen LogP contribution in [0.3, 0.4) is 0 Å². The fourth-order valence-electron chi connectivity index (χ4n) is 1.75. The third kappa shape index (κ3) is 3.46. The van der Waals surface area contributed by atoms with Crippen molar-refractivity contribution in [3.05, 3.63) is 28.5 Å². The van der Waals surface area contributed by atoms with E-state index in [9.17, 15) is 12.8 Å². The van der Waals surface area contributed by atoms with Gasteiger partial charge in [0.2, 0.25) is 0 Å². The fraction of sp³-hybridized carbons (Fsp3) is 0.273. The van der Waals surface area contributed by atoms with Gasteiger partial charge in [-0.3, -0.25) is 4.57 Å². The molecule has 2 rings (SSSR count). The highest BCUT2D eigenvalue weighted by molar-refractivity contribution is 9.10. The van der Waals surface area contributed by atoms with Gasteiger partial charge in [-0.05, 0) is 18.2 Å². The Morgan fingerprint density at radius 2 is 2.14 bits per heavy atom. The molecule has 0 saturated heterocycles. The number of sulfonamides is 1. The topological polar surface area (TPSA) is 100 Å². The van der Waals surface area contributed by atoms with Crippen LogP contribution in [0.1, 0.15) is 0 Å². The van der Waals surface area contributed by atoms with Gasteiger partial charge in [0.1, 0.15) is 5.82 Å². The maximum Gasteiger partial charge on any atom is 0.273 e. The lowest BCUT2D eigenvalue weighted by Gasteiger charge is -2.09. The van der Waals surface area contributed by atoms with Crippen molar-refractivity contribution in [2.75, 3.05) is 13.7 Å². The molecule has 0 aliphatic rings. The van der Waals surface area contributed by atoms with Crippen LogP contribution >= 0.6 is 15.9 Å². The zero-order valence-electron chi connectivity index (χ0n) is 11.0. The largest absolute Gasteiger partial charge is 0.383 e. The fourth-order valence-corrected chi connectivity index (χ4v) is 2.75. The van der Waals surface area contributed by atoms with Crippen molar-refractivity contribution in [2.45, 2.75) is 11.7 Å². The summed E-state index contributed by atoms with van der Waals surface area (Å²) >= 11 is 3.23. The van der Waals surface area contributed by atoms with E-state index in [1.54, 1.807) is 0 Å². The van der Waals surface area contributed by atoms with Crippen LogP contribution in [-0.4, -0.2) is 36.9 Å². The van der Waals surface area contributed by atoms with Crippen LogP contribution in [0.4, 0.5) is 4.39 Å². The number of nitrogens with zero attached hydrogens (tertiary/aromatic N) is 3. The quantitative estimate of drug-likeness (QED) is 0.840. The van der Waals surface area contributed by atoms with E-state index in [4.69, 9.17) is 9.88 Å². The smallest absolute Gasteiger partial charge is 0.273 e. The molecule has 2 aromatic rings. The van der Waals surface area contributed by atoms with Crippen molar-refractivity contribution >= 4 is 26.0 Å².